The summed E-state index contributed by atoms with van der Waals surface area (Å²) < 4.78 is 25.1. The van der Waals surface area contributed by atoms with Crippen molar-refractivity contribution >= 4 is 21.7 Å². The maximum Gasteiger partial charge on any atom is 0.266 e. The highest BCUT2D eigenvalue weighted by Crippen LogP contribution is 2.28. The summed E-state index contributed by atoms with van der Waals surface area (Å²) in [4.78, 5) is 3.54. The lowest BCUT2D eigenvalue weighted by molar-refractivity contribution is 0.150. The molecule has 0 radical (unpaired) electrons. The van der Waals surface area contributed by atoms with Gasteiger partial charge in [0.15, 0.2) is 5.69 Å². The zero-order valence-corrected chi connectivity index (χ0v) is 8.55. The van der Waals surface area contributed by atoms with Gasteiger partial charge in [0.1, 0.15) is 11.9 Å². The number of rotatable bonds is 2. The van der Waals surface area contributed by atoms with Gasteiger partial charge < -0.3 is 5.73 Å². The fourth-order valence-corrected chi connectivity index (χ4v) is 1.53. The van der Waals surface area contributed by atoms with Gasteiger partial charge in [0, 0.05) is 5.33 Å². The Morgan fingerprint density at radius 2 is 2.29 bits per heavy atom. The summed E-state index contributed by atoms with van der Waals surface area (Å²) in [5.41, 5.74) is 4.99. The fraction of sp³-hybridized carbons (Fsp3) is 0.250. The number of nitriles is 1. The molecule has 0 atom stereocenters. The third-order valence-electron chi connectivity index (χ3n) is 1.63. The van der Waals surface area contributed by atoms with Crippen LogP contribution in [0.5, 0.6) is 0 Å². The minimum atomic E-state index is -2.72. The summed E-state index contributed by atoms with van der Waals surface area (Å²) in [6.45, 7) is 0. The third kappa shape index (κ3) is 1.99. The van der Waals surface area contributed by atoms with Crippen LogP contribution in [-0.2, 0) is 5.33 Å². The van der Waals surface area contributed by atoms with Crippen LogP contribution in [0.25, 0.3) is 0 Å². The number of nitrogens with zero attached hydrogens (tertiary/aromatic N) is 2. The van der Waals surface area contributed by atoms with E-state index in [0.717, 1.165) is 0 Å². The van der Waals surface area contributed by atoms with Gasteiger partial charge in [-0.1, -0.05) is 15.9 Å². The summed E-state index contributed by atoms with van der Waals surface area (Å²) in [7, 11) is 0. The molecule has 1 aromatic rings. The van der Waals surface area contributed by atoms with E-state index in [4.69, 9.17) is 11.0 Å². The van der Waals surface area contributed by atoms with E-state index >= 15 is 0 Å². The Labute approximate surface area is 87.7 Å². The molecule has 0 spiro atoms. The number of anilines is 1. The van der Waals surface area contributed by atoms with E-state index in [0.29, 0.717) is 5.56 Å². The molecule has 0 saturated carbocycles. The number of nitrogens with two attached hydrogens (primary N) is 1. The molecule has 0 saturated heterocycles. The quantitative estimate of drug-likeness (QED) is 0.832. The fourth-order valence-electron chi connectivity index (χ4n) is 1.07. The predicted molar refractivity (Wildman–Crippen MR) is 51.0 cm³/mol. The van der Waals surface area contributed by atoms with Crippen LogP contribution in [0.4, 0.5) is 14.6 Å². The van der Waals surface area contributed by atoms with Crippen molar-refractivity contribution in [2.45, 2.75) is 11.8 Å². The van der Waals surface area contributed by atoms with Crippen molar-refractivity contribution in [2.75, 3.05) is 5.73 Å². The van der Waals surface area contributed by atoms with Crippen molar-refractivity contribution in [3.05, 3.63) is 22.9 Å². The molecule has 0 aliphatic heterocycles. The summed E-state index contributed by atoms with van der Waals surface area (Å²) in [5.74, 6) is 0.0698. The van der Waals surface area contributed by atoms with E-state index in [9.17, 15) is 8.78 Å². The molecule has 0 fully saturated rings. The smallest absolute Gasteiger partial charge is 0.266 e. The molecule has 1 heterocycles. The Bertz CT molecular complexity index is 387. The molecule has 14 heavy (non-hydrogen) atoms. The SMILES string of the molecule is N#Cc1nc(N)cc(CBr)c1C(F)F. The second-order valence-electron chi connectivity index (χ2n) is 2.51. The van der Waals surface area contributed by atoms with Crippen LogP contribution in [0.15, 0.2) is 6.07 Å². The topological polar surface area (TPSA) is 62.7 Å². The zero-order chi connectivity index (χ0) is 10.7. The standard InChI is InChI=1S/C8H6BrF2N3/c9-2-4-1-6(13)14-5(3-12)7(4)8(10)11/h1,8H,2H2,(H2,13,14). The molecule has 0 aliphatic rings. The van der Waals surface area contributed by atoms with Gasteiger partial charge in [-0.3, -0.25) is 0 Å². The lowest BCUT2D eigenvalue weighted by Crippen LogP contribution is -2.03. The number of aromatic nitrogens is 1. The van der Waals surface area contributed by atoms with Crippen molar-refractivity contribution in [1.82, 2.24) is 4.98 Å². The summed E-state index contributed by atoms with van der Waals surface area (Å²) in [6, 6.07) is 2.93. The second-order valence-corrected chi connectivity index (χ2v) is 3.08. The monoisotopic (exact) mass is 261 g/mol. The molecule has 0 amide bonds. The highest BCUT2D eigenvalue weighted by atomic mass is 79.9. The van der Waals surface area contributed by atoms with Crippen molar-refractivity contribution < 1.29 is 8.78 Å². The van der Waals surface area contributed by atoms with Gasteiger partial charge >= 0.3 is 0 Å². The number of pyridine rings is 1. The van der Waals surface area contributed by atoms with E-state index in [1.807, 2.05) is 0 Å². The molecule has 6 heteroatoms. The Hall–Kier alpha value is -1.22. The average molecular weight is 262 g/mol. The van der Waals surface area contributed by atoms with Gasteiger partial charge in [0.25, 0.3) is 6.43 Å². The van der Waals surface area contributed by atoms with E-state index in [1.54, 1.807) is 6.07 Å². The van der Waals surface area contributed by atoms with Crippen LogP contribution in [-0.4, -0.2) is 4.98 Å². The van der Waals surface area contributed by atoms with Crippen LogP contribution >= 0.6 is 15.9 Å². The molecular formula is C8H6BrF2N3. The maximum atomic E-state index is 12.5. The molecule has 0 unspecified atom stereocenters. The molecule has 74 valence electrons. The second kappa shape index (κ2) is 4.33. The summed E-state index contributed by atoms with van der Waals surface area (Å²) >= 11 is 3.05. The van der Waals surface area contributed by atoms with Crippen LogP contribution < -0.4 is 5.73 Å². The minimum absolute atomic E-state index is 0.0698. The first kappa shape index (κ1) is 10.9. The highest BCUT2D eigenvalue weighted by Gasteiger charge is 2.19. The molecular weight excluding hydrogens is 256 g/mol. The normalized spacial score (nSPS) is 10.2. The highest BCUT2D eigenvalue weighted by molar-refractivity contribution is 9.08. The maximum absolute atomic E-state index is 12.5. The van der Waals surface area contributed by atoms with Crippen LogP contribution in [0.3, 0.4) is 0 Å². The first-order chi connectivity index (χ1) is 6.60. The first-order valence-electron chi connectivity index (χ1n) is 3.63. The first-order valence-corrected chi connectivity index (χ1v) is 4.75. The number of hydrogen-bond donors (Lipinski definition) is 1. The minimum Gasteiger partial charge on any atom is -0.384 e. The lowest BCUT2D eigenvalue weighted by Gasteiger charge is -2.08. The molecule has 0 bridgehead atoms. The van der Waals surface area contributed by atoms with E-state index in [2.05, 4.69) is 20.9 Å². The molecule has 1 aromatic heterocycles. The Balaban J connectivity index is 3.42. The predicted octanol–water partition coefficient (Wildman–Crippen LogP) is 2.37. The van der Waals surface area contributed by atoms with Crippen molar-refractivity contribution in [2.24, 2.45) is 0 Å². The molecule has 0 aromatic carbocycles. The van der Waals surface area contributed by atoms with Crippen LogP contribution in [0.1, 0.15) is 23.2 Å². The van der Waals surface area contributed by atoms with Gasteiger partial charge in [-0.05, 0) is 11.6 Å². The van der Waals surface area contributed by atoms with Gasteiger partial charge in [-0.25, -0.2) is 13.8 Å². The summed E-state index contributed by atoms with van der Waals surface area (Å²) in [6.07, 6.45) is -2.72. The van der Waals surface area contributed by atoms with Crippen molar-refractivity contribution in [1.29, 1.82) is 5.26 Å². The molecule has 0 aliphatic carbocycles. The van der Waals surface area contributed by atoms with Gasteiger partial charge in [-0.15, -0.1) is 0 Å². The third-order valence-corrected chi connectivity index (χ3v) is 2.24. The van der Waals surface area contributed by atoms with Crippen LogP contribution in [0.2, 0.25) is 0 Å². The van der Waals surface area contributed by atoms with Crippen molar-refractivity contribution in [3.8, 4) is 6.07 Å². The van der Waals surface area contributed by atoms with Crippen LogP contribution in [0, 0.1) is 11.3 Å². The van der Waals surface area contributed by atoms with E-state index < -0.39 is 6.43 Å². The van der Waals surface area contributed by atoms with Gasteiger partial charge in [0.2, 0.25) is 0 Å². The Kier molecular flexibility index (Phi) is 3.36. The Morgan fingerprint density at radius 3 is 2.71 bits per heavy atom. The zero-order valence-electron chi connectivity index (χ0n) is 6.97. The van der Waals surface area contributed by atoms with Gasteiger partial charge in [-0.2, -0.15) is 5.26 Å². The number of hydrogen-bond acceptors (Lipinski definition) is 3. The van der Waals surface area contributed by atoms with E-state index in [-0.39, 0.29) is 22.4 Å². The van der Waals surface area contributed by atoms with E-state index in [1.165, 1.54) is 6.07 Å². The van der Waals surface area contributed by atoms with Crippen molar-refractivity contribution in [3.63, 3.8) is 0 Å². The number of nitrogen functional groups attached to an aromatic ring is 1. The number of alkyl halides is 3. The number of halogens is 3. The van der Waals surface area contributed by atoms with Gasteiger partial charge in [0.05, 0.1) is 5.56 Å². The molecule has 2 N–H and O–H groups in total. The largest absolute Gasteiger partial charge is 0.384 e. The Morgan fingerprint density at radius 1 is 1.64 bits per heavy atom. The summed E-state index contributed by atoms with van der Waals surface area (Å²) in [5, 5.41) is 8.81. The lowest BCUT2D eigenvalue weighted by atomic mass is 10.1. The molecule has 3 nitrogen and oxygen atoms in total. The average Bonchev–Trinajstić information content (AvgIpc) is 2.15. The molecule has 1 rings (SSSR count).